The first-order valence-electron chi connectivity index (χ1n) is 9.55. The van der Waals surface area contributed by atoms with E-state index in [2.05, 4.69) is 59.7 Å². The molecule has 1 aliphatic heterocycles. The van der Waals surface area contributed by atoms with Crippen LogP contribution < -0.4 is 0 Å². The number of rotatable bonds is 7. The molecule has 0 radical (unpaired) electrons. The van der Waals surface area contributed by atoms with Gasteiger partial charge >= 0.3 is 0 Å². The molecular formula is C23H32Cl2N2O. The standard InChI is InChI=1S/C23H30N2O.2ClH/c1-19(2)11-12-24-13-15-25(16-14-24)23(21-8-4-3-5-9-21)18-20-7-6-10-22(26)17-20;;/h3-10,17,23,26H,1,11-16,18H2,2H3;2*1H. The maximum Gasteiger partial charge on any atom is 0.115 e. The number of aromatic hydroxyl groups is 1. The number of piperazine rings is 1. The number of hydrogen-bond acceptors (Lipinski definition) is 3. The number of phenols is 1. The Kier molecular flexibility index (Phi) is 10.6. The summed E-state index contributed by atoms with van der Waals surface area (Å²) < 4.78 is 0. The summed E-state index contributed by atoms with van der Waals surface area (Å²) in [4.78, 5) is 5.14. The summed E-state index contributed by atoms with van der Waals surface area (Å²) in [6.07, 6.45) is 2.01. The number of nitrogens with zero attached hydrogens (tertiary/aromatic N) is 2. The third-order valence-corrected chi connectivity index (χ3v) is 5.23. The first-order chi connectivity index (χ1) is 12.6. The van der Waals surface area contributed by atoms with Crippen molar-refractivity contribution in [2.45, 2.75) is 25.8 Å². The van der Waals surface area contributed by atoms with Crippen molar-refractivity contribution in [3.63, 3.8) is 0 Å². The van der Waals surface area contributed by atoms with Gasteiger partial charge in [0.05, 0.1) is 0 Å². The minimum Gasteiger partial charge on any atom is -0.508 e. The summed E-state index contributed by atoms with van der Waals surface area (Å²) in [6, 6.07) is 18.8. The normalized spacial score (nSPS) is 15.9. The molecule has 3 nitrogen and oxygen atoms in total. The molecule has 154 valence electrons. The van der Waals surface area contributed by atoms with Crippen molar-refractivity contribution in [3.05, 3.63) is 77.9 Å². The first kappa shape index (κ1) is 24.5. The van der Waals surface area contributed by atoms with Gasteiger partial charge in [-0.15, -0.1) is 31.4 Å². The Hall–Kier alpha value is -1.52. The lowest BCUT2D eigenvalue weighted by molar-refractivity contribution is 0.0961. The lowest BCUT2D eigenvalue weighted by Gasteiger charge is -2.39. The molecule has 0 spiro atoms. The largest absolute Gasteiger partial charge is 0.508 e. The molecule has 3 rings (SSSR count). The Labute approximate surface area is 181 Å². The second-order valence-electron chi connectivity index (χ2n) is 7.39. The fraction of sp³-hybridized carbons (Fsp3) is 0.391. The summed E-state index contributed by atoms with van der Waals surface area (Å²) in [5.74, 6) is 0.346. The van der Waals surface area contributed by atoms with Gasteiger partial charge in [-0.2, -0.15) is 0 Å². The maximum atomic E-state index is 9.82. The number of hydrogen-bond donors (Lipinski definition) is 1. The van der Waals surface area contributed by atoms with Crippen LogP contribution in [0.3, 0.4) is 0 Å². The molecule has 0 bridgehead atoms. The smallest absolute Gasteiger partial charge is 0.115 e. The van der Waals surface area contributed by atoms with E-state index >= 15 is 0 Å². The summed E-state index contributed by atoms with van der Waals surface area (Å²) in [5.41, 5.74) is 3.80. The van der Waals surface area contributed by atoms with E-state index < -0.39 is 0 Å². The molecule has 28 heavy (non-hydrogen) atoms. The molecule has 1 aliphatic rings. The Balaban J connectivity index is 0.00000196. The summed E-state index contributed by atoms with van der Waals surface area (Å²) >= 11 is 0. The van der Waals surface area contributed by atoms with Gasteiger partial charge in [0, 0.05) is 38.8 Å². The molecule has 0 amide bonds. The van der Waals surface area contributed by atoms with Gasteiger partial charge in [0.25, 0.3) is 0 Å². The molecule has 2 aromatic rings. The Morgan fingerprint density at radius 3 is 2.29 bits per heavy atom. The summed E-state index contributed by atoms with van der Waals surface area (Å²) in [7, 11) is 0. The van der Waals surface area contributed by atoms with Crippen molar-refractivity contribution < 1.29 is 5.11 Å². The molecule has 1 unspecified atom stereocenters. The molecular weight excluding hydrogens is 391 g/mol. The molecule has 5 heteroatoms. The van der Waals surface area contributed by atoms with Gasteiger partial charge in [-0.1, -0.05) is 48.0 Å². The van der Waals surface area contributed by atoms with Crippen LogP contribution in [0, 0.1) is 0 Å². The molecule has 1 fully saturated rings. The fourth-order valence-corrected chi connectivity index (χ4v) is 3.69. The highest BCUT2D eigenvalue weighted by molar-refractivity contribution is 5.85. The first-order valence-corrected chi connectivity index (χ1v) is 9.55. The van der Waals surface area contributed by atoms with E-state index in [1.807, 2.05) is 12.1 Å². The lowest BCUT2D eigenvalue weighted by atomic mass is 9.96. The van der Waals surface area contributed by atoms with Crippen LogP contribution >= 0.6 is 24.8 Å². The van der Waals surface area contributed by atoms with Crippen LogP contribution in [0.5, 0.6) is 5.75 Å². The third-order valence-electron chi connectivity index (χ3n) is 5.23. The van der Waals surface area contributed by atoms with Crippen LogP contribution in [0.2, 0.25) is 0 Å². The maximum absolute atomic E-state index is 9.82. The average Bonchev–Trinajstić information content (AvgIpc) is 2.66. The monoisotopic (exact) mass is 422 g/mol. The highest BCUT2D eigenvalue weighted by Gasteiger charge is 2.25. The average molecular weight is 423 g/mol. The van der Waals surface area contributed by atoms with E-state index in [0.29, 0.717) is 11.8 Å². The van der Waals surface area contributed by atoms with Crippen molar-refractivity contribution in [3.8, 4) is 5.75 Å². The quantitative estimate of drug-likeness (QED) is 0.628. The fourth-order valence-electron chi connectivity index (χ4n) is 3.69. The van der Waals surface area contributed by atoms with Crippen LogP contribution in [0.1, 0.15) is 30.5 Å². The van der Waals surface area contributed by atoms with Crippen LogP contribution in [0.15, 0.2) is 66.7 Å². The van der Waals surface area contributed by atoms with Crippen molar-refractivity contribution in [1.29, 1.82) is 0 Å². The second-order valence-corrected chi connectivity index (χ2v) is 7.39. The zero-order chi connectivity index (χ0) is 18.4. The number of benzene rings is 2. The predicted octanol–water partition coefficient (Wildman–Crippen LogP) is 5.10. The van der Waals surface area contributed by atoms with Crippen LogP contribution in [0.4, 0.5) is 0 Å². The molecule has 0 aromatic heterocycles. The Morgan fingerprint density at radius 2 is 1.68 bits per heavy atom. The third kappa shape index (κ3) is 7.14. The molecule has 2 aromatic carbocycles. The van der Waals surface area contributed by atoms with Crippen molar-refractivity contribution in [1.82, 2.24) is 9.80 Å². The zero-order valence-electron chi connectivity index (χ0n) is 16.6. The summed E-state index contributed by atoms with van der Waals surface area (Å²) in [5, 5.41) is 9.82. The van der Waals surface area contributed by atoms with E-state index in [1.165, 1.54) is 16.7 Å². The van der Waals surface area contributed by atoms with Crippen LogP contribution in [-0.4, -0.2) is 47.6 Å². The van der Waals surface area contributed by atoms with E-state index in [4.69, 9.17) is 0 Å². The Bertz CT molecular complexity index is 716. The van der Waals surface area contributed by atoms with E-state index in [9.17, 15) is 5.11 Å². The van der Waals surface area contributed by atoms with Crippen LogP contribution in [0.25, 0.3) is 0 Å². The number of phenolic OH excluding ortho intramolecular Hbond substituents is 1. The van der Waals surface area contributed by atoms with Crippen molar-refractivity contribution in [2.75, 3.05) is 32.7 Å². The van der Waals surface area contributed by atoms with Crippen molar-refractivity contribution in [2.24, 2.45) is 0 Å². The van der Waals surface area contributed by atoms with Gasteiger partial charge < -0.3 is 10.0 Å². The van der Waals surface area contributed by atoms with E-state index in [0.717, 1.165) is 45.6 Å². The highest BCUT2D eigenvalue weighted by atomic mass is 35.5. The van der Waals surface area contributed by atoms with Gasteiger partial charge in [-0.25, -0.2) is 0 Å². The van der Waals surface area contributed by atoms with Crippen molar-refractivity contribution >= 4 is 24.8 Å². The number of halogens is 2. The van der Waals surface area contributed by atoms with E-state index in [1.54, 1.807) is 6.07 Å². The molecule has 1 atom stereocenters. The van der Waals surface area contributed by atoms with Gasteiger partial charge in [0.2, 0.25) is 0 Å². The van der Waals surface area contributed by atoms with Gasteiger partial charge in [-0.3, -0.25) is 4.90 Å². The molecule has 1 N–H and O–H groups in total. The van der Waals surface area contributed by atoms with Gasteiger partial charge in [0.1, 0.15) is 5.75 Å². The SMILES string of the molecule is C=C(C)CCN1CCN(C(Cc2cccc(O)c2)c2ccccc2)CC1.Cl.Cl. The molecule has 1 saturated heterocycles. The molecule has 0 aliphatic carbocycles. The van der Waals surface area contributed by atoms with Crippen LogP contribution in [-0.2, 0) is 6.42 Å². The zero-order valence-corrected chi connectivity index (χ0v) is 18.2. The second kappa shape index (κ2) is 12.1. The minimum absolute atomic E-state index is 0. The molecule has 0 saturated carbocycles. The Morgan fingerprint density at radius 1 is 1.00 bits per heavy atom. The van der Waals surface area contributed by atoms with E-state index in [-0.39, 0.29) is 24.8 Å². The topological polar surface area (TPSA) is 26.7 Å². The highest BCUT2D eigenvalue weighted by Crippen LogP contribution is 2.27. The molecule has 1 heterocycles. The van der Waals surface area contributed by atoms with Gasteiger partial charge in [-0.05, 0) is 43.0 Å². The lowest BCUT2D eigenvalue weighted by Crippen LogP contribution is -2.48. The minimum atomic E-state index is 0. The summed E-state index contributed by atoms with van der Waals surface area (Å²) in [6.45, 7) is 11.6. The predicted molar refractivity (Wildman–Crippen MR) is 123 cm³/mol. The van der Waals surface area contributed by atoms with Gasteiger partial charge in [0.15, 0.2) is 0 Å².